The number of amides is 1. The summed E-state index contributed by atoms with van der Waals surface area (Å²) in [6, 6.07) is 2.07. The van der Waals surface area contributed by atoms with Crippen LogP contribution in [0.5, 0.6) is 0 Å². The predicted octanol–water partition coefficient (Wildman–Crippen LogP) is 2.28. The molecule has 0 saturated carbocycles. The van der Waals surface area contributed by atoms with E-state index in [-0.39, 0.29) is 5.91 Å². The van der Waals surface area contributed by atoms with E-state index in [1.165, 1.54) is 4.88 Å². The van der Waals surface area contributed by atoms with Crippen LogP contribution in [0.15, 0.2) is 16.0 Å². The minimum atomic E-state index is 0.0273. The SMILES string of the molecule is CCN1CCN(C(=O)c2noc3c2CCc2sccc2-3)CC1. The fourth-order valence-corrected chi connectivity index (χ4v) is 4.19. The molecule has 2 aromatic heterocycles. The van der Waals surface area contributed by atoms with Crippen LogP contribution in [0.25, 0.3) is 11.3 Å². The second-order valence-electron chi connectivity index (χ2n) is 5.82. The average Bonchev–Trinajstić information content (AvgIpc) is 3.20. The van der Waals surface area contributed by atoms with E-state index >= 15 is 0 Å². The molecular formula is C16H19N3O2S. The highest BCUT2D eigenvalue weighted by Crippen LogP contribution is 2.38. The van der Waals surface area contributed by atoms with Crippen molar-refractivity contribution in [1.82, 2.24) is 15.0 Å². The topological polar surface area (TPSA) is 49.6 Å². The zero-order valence-corrected chi connectivity index (χ0v) is 13.5. The third-order valence-electron chi connectivity index (χ3n) is 4.69. The molecule has 3 heterocycles. The van der Waals surface area contributed by atoms with Gasteiger partial charge in [-0.2, -0.15) is 0 Å². The lowest BCUT2D eigenvalue weighted by Crippen LogP contribution is -2.48. The highest BCUT2D eigenvalue weighted by molar-refractivity contribution is 7.10. The van der Waals surface area contributed by atoms with Gasteiger partial charge in [0.25, 0.3) is 5.91 Å². The normalized spacial score (nSPS) is 18.1. The molecule has 116 valence electrons. The molecular weight excluding hydrogens is 298 g/mol. The number of hydrogen-bond donors (Lipinski definition) is 0. The third-order valence-corrected chi connectivity index (χ3v) is 5.67. The molecule has 0 radical (unpaired) electrons. The number of thiophene rings is 1. The van der Waals surface area contributed by atoms with E-state index in [0.29, 0.717) is 5.69 Å². The number of carbonyl (C=O) groups is 1. The van der Waals surface area contributed by atoms with Crippen LogP contribution in [0.4, 0.5) is 0 Å². The van der Waals surface area contributed by atoms with E-state index in [1.54, 1.807) is 11.3 Å². The zero-order valence-electron chi connectivity index (χ0n) is 12.7. The van der Waals surface area contributed by atoms with Gasteiger partial charge in [0.1, 0.15) is 0 Å². The van der Waals surface area contributed by atoms with Gasteiger partial charge in [-0.1, -0.05) is 12.1 Å². The number of piperazine rings is 1. The van der Waals surface area contributed by atoms with Gasteiger partial charge in [-0.3, -0.25) is 4.79 Å². The number of hydrogen-bond acceptors (Lipinski definition) is 5. The summed E-state index contributed by atoms with van der Waals surface area (Å²) in [5, 5.41) is 6.19. The number of nitrogens with zero attached hydrogens (tertiary/aromatic N) is 3. The number of aryl methyl sites for hydroxylation is 1. The molecule has 1 saturated heterocycles. The minimum Gasteiger partial charge on any atom is -0.355 e. The van der Waals surface area contributed by atoms with Crippen LogP contribution in [-0.4, -0.2) is 53.6 Å². The van der Waals surface area contributed by atoms with Gasteiger partial charge in [0, 0.05) is 42.2 Å². The number of rotatable bonds is 2. The molecule has 0 atom stereocenters. The molecule has 1 aliphatic heterocycles. The lowest BCUT2D eigenvalue weighted by Gasteiger charge is -2.33. The second-order valence-corrected chi connectivity index (χ2v) is 6.82. The van der Waals surface area contributed by atoms with Crippen LogP contribution in [-0.2, 0) is 12.8 Å². The highest BCUT2D eigenvalue weighted by Gasteiger charge is 2.31. The molecule has 0 unspecified atom stereocenters. The Labute approximate surface area is 133 Å². The van der Waals surface area contributed by atoms with Gasteiger partial charge in [-0.05, 0) is 30.8 Å². The van der Waals surface area contributed by atoms with Crippen molar-refractivity contribution in [3.8, 4) is 11.3 Å². The smallest absolute Gasteiger partial charge is 0.276 e. The molecule has 2 aromatic rings. The molecule has 1 amide bonds. The molecule has 2 aliphatic rings. The maximum Gasteiger partial charge on any atom is 0.276 e. The Morgan fingerprint density at radius 3 is 2.91 bits per heavy atom. The molecule has 6 heteroatoms. The first-order valence-electron chi connectivity index (χ1n) is 7.85. The molecule has 5 nitrogen and oxygen atoms in total. The van der Waals surface area contributed by atoms with Gasteiger partial charge in [-0.25, -0.2) is 0 Å². The summed E-state index contributed by atoms with van der Waals surface area (Å²) < 4.78 is 5.52. The van der Waals surface area contributed by atoms with Crippen LogP contribution in [0.1, 0.15) is 27.9 Å². The summed E-state index contributed by atoms with van der Waals surface area (Å²) in [7, 11) is 0. The number of fused-ring (bicyclic) bond motifs is 3. The molecule has 22 heavy (non-hydrogen) atoms. The average molecular weight is 317 g/mol. The van der Waals surface area contributed by atoms with Crippen LogP contribution in [0.2, 0.25) is 0 Å². The van der Waals surface area contributed by atoms with Gasteiger partial charge in [-0.15, -0.1) is 11.3 Å². The Hall–Kier alpha value is -1.66. The summed E-state index contributed by atoms with van der Waals surface area (Å²) in [4.78, 5) is 18.4. The van der Waals surface area contributed by atoms with Crippen molar-refractivity contribution < 1.29 is 9.32 Å². The standard InChI is InChI=1S/C16H19N3O2S/c1-2-18-6-8-19(9-7-18)16(20)14-12-3-4-13-11(5-10-22-13)15(12)21-17-14/h5,10H,2-4,6-9H2,1H3. The second kappa shape index (κ2) is 5.52. The van der Waals surface area contributed by atoms with Crippen molar-refractivity contribution in [2.75, 3.05) is 32.7 Å². The van der Waals surface area contributed by atoms with Gasteiger partial charge in [0.05, 0.1) is 0 Å². The Morgan fingerprint density at radius 1 is 1.32 bits per heavy atom. The van der Waals surface area contributed by atoms with Crippen molar-refractivity contribution in [3.63, 3.8) is 0 Å². The fourth-order valence-electron chi connectivity index (χ4n) is 3.31. The van der Waals surface area contributed by atoms with E-state index in [9.17, 15) is 4.79 Å². The van der Waals surface area contributed by atoms with E-state index in [0.717, 1.165) is 62.5 Å². The Morgan fingerprint density at radius 2 is 2.14 bits per heavy atom. The Bertz CT molecular complexity index is 698. The van der Waals surface area contributed by atoms with Crippen molar-refractivity contribution in [2.45, 2.75) is 19.8 Å². The monoisotopic (exact) mass is 317 g/mol. The number of likely N-dealkylation sites (N-methyl/N-ethyl adjacent to an activating group) is 1. The van der Waals surface area contributed by atoms with Gasteiger partial charge < -0.3 is 14.3 Å². The summed E-state index contributed by atoms with van der Waals surface area (Å²) in [6.45, 7) is 6.64. The van der Waals surface area contributed by atoms with E-state index in [1.807, 2.05) is 4.90 Å². The summed E-state index contributed by atoms with van der Waals surface area (Å²) >= 11 is 1.75. The van der Waals surface area contributed by atoms with Gasteiger partial charge >= 0.3 is 0 Å². The van der Waals surface area contributed by atoms with Crippen LogP contribution < -0.4 is 0 Å². The van der Waals surface area contributed by atoms with Crippen molar-refractivity contribution >= 4 is 17.2 Å². The highest BCUT2D eigenvalue weighted by atomic mass is 32.1. The first kappa shape index (κ1) is 14.0. The minimum absolute atomic E-state index is 0.0273. The zero-order chi connectivity index (χ0) is 15.1. The van der Waals surface area contributed by atoms with Crippen LogP contribution in [0.3, 0.4) is 0 Å². The molecule has 0 N–H and O–H groups in total. The maximum absolute atomic E-state index is 12.8. The first-order valence-corrected chi connectivity index (χ1v) is 8.72. The largest absolute Gasteiger partial charge is 0.355 e. The summed E-state index contributed by atoms with van der Waals surface area (Å²) in [5.41, 5.74) is 2.64. The summed E-state index contributed by atoms with van der Waals surface area (Å²) in [6.07, 6.45) is 1.83. The fraction of sp³-hybridized carbons (Fsp3) is 0.500. The molecule has 0 aromatic carbocycles. The van der Waals surface area contributed by atoms with Gasteiger partial charge in [0.15, 0.2) is 11.5 Å². The Balaban J connectivity index is 1.59. The quantitative estimate of drug-likeness (QED) is 0.853. The predicted molar refractivity (Wildman–Crippen MR) is 85.2 cm³/mol. The van der Waals surface area contributed by atoms with Gasteiger partial charge in [0.2, 0.25) is 0 Å². The Kier molecular flexibility index (Phi) is 3.50. The first-order chi connectivity index (χ1) is 10.8. The maximum atomic E-state index is 12.8. The molecule has 4 rings (SSSR count). The molecule has 1 aliphatic carbocycles. The van der Waals surface area contributed by atoms with Crippen molar-refractivity contribution in [1.29, 1.82) is 0 Å². The third kappa shape index (κ3) is 2.18. The van der Waals surface area contributed by atoms with Crippen molar-refractivity contribution in [2.24, 2.45) is 0 Å². The van der Waals surface area contributed by atoms with E-state index < -0.39 is 0 Å². The molecule has 0 bridgehead atoms. The van der Waals surface area contributed by atoms with Crippen LogP contribution in [0, 0.1) is 0 Å². The van der Waals surface area contributed by atoms with Crippen molar-refractivity contribution in [3.05, 3.63) is 27.6 Å². The van der Waals surface area contributed by atoms with E-state index in [4.69, 9.17) is 4.52 Å². The summed E-state index contributed by atoms with van der Waals surface area (Å²) in [5.74, 6) is 0.831. The lowest BCUT2D eigenvalue weighted by molar-refractivity contribution is 0.0632. The molecule has 0 spiro atoms. The van der Waals surface area contributed by atoms with E-state index in [2.05, 4.69) is 28.4 Å². The molecule has 1 fully saturated rings. The number of aromatic nitrogens is 1. The lowest BCUT2D eigenvalue weighted by atomic mass is 9.95. The van der Waals surface area contributed by atoms with Crippen LogP contribution >= 0.6 is 11.3 Å². The number of carbonyl (C=O) groups excluding carboxylic acids is 1.